The number of hydrogen-bond donors (Lipinski definition) is 9. The summed E-state index contributed by atoms with van der Waals surface area (Å²) < 4.78 is 21.4. The van der Waals surface area contributed by atoms with Gasteiger partial charge in [0.2, 0.25) is 5.91 Å². The Bertz CT molecular complexity index is 1610. The Morgan fingerprint density at radius 2 is 0.983 bits per heavy atom. The van der Waals surface area contributed by atoms with E-state index in [-0.39, 0.29) is 75.9 Å². The maximum absolute atomic E-state index is 11.8. The molecule has 3 heterocycles. The van der Waals surface area contributed by atoms with Crippen molar-refractivity contribution >= 4 is 46.0 Å². The lowest BCUT2D eigenvalue weighted by atomic mass is 10.1. The molecule has 0 atom stereocenters. The number of nitrogens with two attached hydrogens (primary N) is 1. The first-order valence-electron chi connectivity index (χ1n) is 18.7. The normalized spacial score (nSPS) is 10.8. The topological polar surface area (TPSA) is 281 Å². The molecule has 0 aromatic carbocycles. The van der Waals surface area contributed by atoms with Gasteiger partial charge < -0.3 is 66.0 Å². The molecule has 0 saturated heterocycles. The monoisotopic (exact) mass is 906 g/mol. The van der Waals surface area contributed by atoms with Gasteiger partial charge in [-0.3, -0.25) is 19.7 Å². The van der Waals surface area contributed by atoms with Crippen LogP contribution in [0.1, 0.15) is 81.6 Å². The standard InChI is InChI=1S/C16H26N2O4S2.C14H22N2O5.C9H14N2O3.ClH/c1-16(2,24-23-3)5-4-15(21)17-6-7-22-14-8-12(10-19)18-13(9-14)11-20;1-14(2,3)21-13(19)15-4-5-20-12-6-10(8-17)16-11(7-12)9-18;10-1-2-14-9-3-7(5-12)11-8(4-9)6-13;/h8-9,19-20H,4-7,10-11H2,1-3H3,(H,17,21);6-7,17-18H,4-5,8-9H2,1-3H3,(H,15,19);3-4,12-13H,1-2,5-6,10H2;1H. The summed E-state index contributed by atoms with van der Waals surface area (Å²) in [6.45, 7) is 10.4. The lowest BCUT2D eigenvalue weighted by Gasteiger charge is -2.21. The lowest BCUT2D eigenvalue weighted by Crippen LogP contribution is -2.34. The molecule has 2 amide bonds. The average molecular weight is 908 g/mol. The molecule has 0 aliphatic rings. The van der Waals surface area contributed by atoms with Crippen LogP contribution in [-0.2, 0) is 49.2 Å². The molecule has 0 spiro atoms. The molecular formula is C39H63ClN6O12S2. The van der Waals surface area contributed by atoms with E-state index in [2.05, 4.69) is 39.4 Å². The van der Waals surface area contributed by atoms with Crippen LogP contribution in [-0.4, -0.2) is 114 Å². The zero-order chi connectivity index (χ0) is 44.3. The second-order valence-corrected chi connectivity index (χ2v) is 17.0. The number of pyridine rings is 3. The van der Waals surface area contributed by atoms with Crippen LogP contribution >= 0.6 is 34.0 Å². The molecule has 60 heavy (non-hydrogen) atoms. The van der Waals surface area contributed by atoms with E-state index < -0.39 is 11.7 Å². The molecule has 3 aromatic heterocycles. The van der Waals surface area contributed by atoms with Gasteiger partial charge in [-0.2, -0.15) is 0 Å². The Morgan fingerprint density at radius 1 is 0.633 bits per heavy atom. The predicted molar refractivity (Wildman–Crippen MR) is 233 cm³/mol. The Morgan fingerprint density at radius 3 is 1.30 bits per heavy atom. The highest BCUT2D eigenvalue weighted by Crippen LogP contribution is 2.36. The van der Waals surface area contributed by atoms with E-state index in [4.69, 9.17) is 55.3 Å². The fourth-order valence-corrected chi connectivity index (χ4v) is 6.78. The van der Waals surface area contributed by atoms with Crippen molar-refractivity contribution in [3.05, 3.63) is 70.6 Å². The number of aromatic nitrogens is 3. The second-order valence-electron chi connectivity index (χ2n) is 13.9. The zero-order valence-corrected chi connectivity index (χ0v) is 37.6. The summed E-state index contributed by atoms with van der Waals surface area (Å²) >= 11 is 0. The van der Waals surface area contributed by atoms with Gasteiger partial charge in [0.25, 0.3) is 0 Å². The number of aliphatic hydroxyl groups is 6. The van der Waals surface area contributed by atoms with Gasteiger partial charge in [-0.15, -0.1) is 12.4 Å². The molecule has 3 rings (SSSR count). The molecule has 0 saturated carbocycles. The molecule has 18 nitrogen and oxygen atoms in total. The number of nitrogens with one attached hydrogen (secondary N) is 2. The molecule has 0 fully saturated rings. The summed E-state index contributed by atoms with van der Waals surface area (Å²) in [5, 5.41) is 59.5. The fourth-order valence-electron chi connectivity index (χ4n) is 4.54. The lowest BCUT2D eigenvalue weighted by molar-refractivity contribution is -0.121. The van der Waals surface area contributed by atoms with Crippen molar-refractivity contribution in [2.24, 2.45) is 5.73 Å². The third-order valence-corrected chi connectivity index (χ3v) is 9.74. The smallest absolute Gasteiger partial charge is 0.407 e. The third-order valence-electron chi connectivity index (χ3n) is 7.07. The molecule has 10 N–H and O–H groups in total. The van der Waals surface area contributed by atoms with E-state index >= 15 is 0 Å². The minimum Gasteiger partial charge on any atom is -0.492 e. The van der Waals surface area contributed by atoms with Gasteiger partial charge in [0.1, 0.15) is 42.7 Å². The quantitative estimate of drug-likeness (QED) is 0.0518. The van der Waals surface area contributed by atoms with Crippen molar-refractivity contribution in [2.75, 3.05) is 45.7 Å². The van der Waals surface area contributed by atoms with Gasteiger partial charge in [-0.25, -0.2) is 4.79 Å². The van der Waals surface area contributed by atoms with Crippen molar-refractivity contribution in [2.45, 2.75) is 97.4 Å². The summed E-state index contributed by atoms with van der Waals surface area (Å²) in [6, 6.07) is 9.62. The SMILES string of the molecule is CC(C)(C)OC(=O)NCCOc1cc(CO)nc(CO)c1.CSSC(C)(C)CCC(=O)NCCOc1cc(CO)nc(CO)c1.Cl.NCCOc1cc(CO)nc(CO)c1. The number of aliphatic hydroxyl groups excluding tert-OH is 6. The summed E-state index contributed by atoms with van der Waals surface area (Å²) in [5.41, 5.74) is 7.39. The number of carbonyl (C=O) groups excluding carboxylic acids is 2. The highest BCUT2D eigenvalue weighted by molar-refractivity contribution is 8.76. The van der Waals surface area contributed by atoms with E-state index in [9.17, 15) is 9.59 Å². The van der Waals surface area contributed by atoms with Crippen LogP contribution in [0.25, 0.3) is 0 Å². The molecule has 0 aliphatic carbocycles. The van der Waals surface area contributed by atoms with Crippen LogP contribution in [0.15, 0.2) is 36.4 Å². The van der Waals surface area contributed by atoms with Crippen molar-refractivity contribution in [1.29, 1.82) is 0 Å². The fraction of sp³-hybridized carbons (Fsp3) is 0.564. The number of hydrogen-bond acceptors (Lipinski definition) is 18. The van der Waals surface area contributed by atoms with Crippen LogP contribution < -0.4 is 30.6 Å². The van der Waals surface area contributed by atoms with Crippen LogP contribution in [0.4, 0.5) is 4.79 Å². The van der Waals surface area contributed by atoms with Gasteiger partial charge in [-0.05, 0) is 47.3 Å². The summed E-state index contributed by atoms with van der Waals surface area (Å²) in [7, 11) is 3.48. The first kappa shape index (κ1) is 56.3. The first-order valence-corrected chi connectivity index (χ1v) is 21.3. The average Bonchev–Trinajstić information content (AvgIpc) is 3.21. The molecular weight excluding hydrogens is 844 g/mol. The Hall–Kier alpha value is -3.70. The largest absolute Gasteiger partial charge is 0.492 e. The summed E-state index contributed by atoms with van der Waals surface area (Å²) in [5.74, 6) is 1.57. The van der Waals surface area contributed by atoms with Crippen LogP contribution in [0.5, 0.6) is 17.2 Å². The summed E-state index contributed by atoms with van der Waals surface area (Å²) in [6.07, 6.45) is 2.83. The van der Waals surface area contributed by atoms with E-state index in [1.165, 1.54) is 0 Å². The number of ether oxygens (including phenoxy) is 4. The number of alkyl carbamates (subject to hydrolysis) is 1. The Balaban J connectivity index is 0.000000891. The highest BCUT2D eigenvalue weighted by atomic mass is 35.5. The minimum absolute atomic E-state index is 0. The first-order chi connectivity index (χ1) is 28.0. The summed E-state index contributed by atoms with van der Waals surface area (Å²) in [4.78, 5) is 35.3. The van der Waals surface area contributed by atoms with Gasteiger partial charge in [0.05, 0.1) is 86.9 Å². The van der Waals surface area contributed by atoms with Crippen LogP contribution in [0.2, 0.25) is 0 Å². The molecule has 0 unspecified atom stereocenters. The van der Waals surface area contributed by atoms with Crippen LogP contribution in [0, 0.1) is 0 Å². The van der Waals surface area contributed by atoms with Gasteiger partial charge in [0, 0.05) is 54.1 Å². The zero-order valence-electron chi connectivity index (χ0n) is 35.1. The number of halogens is 1. The van der Waals surface area contributed by atoms with E-state index in [0.29, 0.717) is 84.1 Å². The predicted octanol–water partition coefficient (Wildman–Crippen LogP) is 2.93. The third kappa shape index (κ3) is 25.8. The van der Waals surface area contributed by atoms with Crippen molar-refractivity contribution in [3.63, 3.8) is 0 Å². The highest BCUT2D eigenvalue weighted by Gasteiger charge is 2.19. The Labute approximate surface area is 366 Å². The molecule has 340 valence electrons. The van der Waals surface area contributed by atoms with E-state index in [1.54, 1.807) is 78.8 Å². The van der Waals surface area contributed by atoms with Crippen LogP contribution in [0.3, 0.4) is 0 Å². The van der Waals surface area contributed by atoms with Gasteiger partial charge >= 0.3 is 6.09 Å². The number of rotatable bonds is 22. The molecule has 0 aliphatic heterocycles. The van der Waals surface area contributed by atoms with E-state index in [1.807, 2.05) is 6.26 Å². The maximum Gasteiger partial charge on any atom is 0.407 e. The van der Waals surface area contributed by atoms with Crippen molar-refractivity contribution in [1.82, 2.24) is 25.6 Å². The minimum atomic E-state index is -0.540. The number of carbonyl (C=O) groups is 2. The van der Waals surface area contributed by atoms with E-state index in [0.717, 1.165) is 6.42 Å². The second kappa shape index (κ2) is 31.2. The van der Waals surface area contributed by atoms with Crippen molar-refractivity contribution in [3.8, 4) is 17.2 Å². The van der Waals surface area contributed by atoms with Crippen molar-refractivity contribution < 1.29 is 59.2 Å². The number of amides is 2. The Kier molecular flexibility index (Phi) is 29.3. The molecule has 21 heteroatoms. The molecule has 3 aromatic rings. The molecule has 0 radical (unpaired) electrons. The van der Waals surface area contributed by atoms with Gasteiger partial charge in [0.15, 0.2) is 0 Å². The maximum atomic E-state index is 11.8. The molecule has 0 bridgehead atoms. The van der Waals surface area contributed by atoms with Gasteiger partial charge in [-0.1, -0.05) is 21.6 Å². The number of nitrogens with zero attached hydrogens (tertiary/aromatic N) is 3.